The van der Waals surface area contributed by atoms with Crippen LogP contribution >= 0.6 is 24.0 Å². The van der Waals surface area contributed by atoms with Gasteiger partial charge < -0.3 is 14.2 Å². The molecule has 0 saturated carbocycles. The molecule has 3 aliphatic rings. The van der Waals surface area contributed by atoms with Gasteiger partial charge in [0.05, 0.1) is 24.7 Å². The maximum absolute atomic E-state index is 12.8. The minimum absolute atomic E-state index is 0.0509. The molecule has 3 aliphatic heterocycles. The van der Waals surface area contributed by atoms with E-state index < -0.39 is 0 Å². The van der Waals surface area contributed by atoms with Crippen molar-refractivity contribution in [3.8, 4) is 11.5 Å². The lowest BCUT2D eigenvalue weighted by Gasteiger charge is -2.24. The second-order valence-corrected chi connectivity index (χ2v) is 8.39. The molecule has 4 rings (SSSR count). The zero-order valence-electron chi connectivity index (χ0n) is 15.3. The quantitative estimate of drug-likeness (QED) is 0.563. The van der Waals surface area contributed by atoms with Crippen LogP contribution in [0.3, 0.4) is 0 Å². The Kier molecular flexibility index (Phi) is 5.25. The number of methoxy groups -OCH3 is 1. The average molecular weight is 404 g/mol. The number of benzene rings is 1. The van der Waals surface area contributed by atoms with Crippen LogP contribution in [0.25, 0.3) is 6.08 Å². The first kappa shape index (κ1) is 18.5. The van der Waals surface area contributed by atoms with E-state index in [4.69, 9.17) is 26.4 Å². The molecule has 2 fully saturated rings. The summed E-state index contributed by atoms with van der Waals surface area (Å²) in [6.45, 7) is 3.26. The standard InChI is InChI=1S/C20H21NO4S2/c1-12-14(9-13-5-3-7-16(23-2)18(13)25-12)10-17-19(22)21(20(26)27-17)11-15-6-4-8-24-15/h3,5,7,9-10,12,15H,4,6,8,11H2,1-2H3. The van der Waals surface area contributed by atoms with Gasteiger partial charge in [0, 0.05) is 12.2 Å². The number of fused-ring (bicyclic) bond motifs is 1. The molecule has 0 bridgehead atoms. The number of rotatable bonds is 4. The molecule has 2 saturated heterocycles. The third kappa shape index (κ3) is 3.63. The number of thiocarbonyl (C=S) groups is 1. The number of hydrogen-bond acceptors (Lipinski definition) is 6. The van der Waals surface area contributed by atoms with Gasteiger partial charge >= 0.3 is 0 Å². The van der Waals surface area contributed by atoms with Crippen molar-refractivity contribution in [2.45, 2.75) is 32.0 Å². The Hall–Kier alpha value is -1.83. The van der Waals surface area contributed by atoms with Gasteiger partial charge in [-0.15, -0.1) is 0 Å². The topological polar surface area (TPSA) is 48.0 Å². The van der Waals surface area contributed by atoms with Crippen molar-refractivity contribution < 1.29 is 19.0 Å². The van der Waals surface area contributed by atoms with E-state index in [-0.39, 0.29) is 18.1 Å². The first-order valence-electron chi connectivity index (χ1n) is 8.99. The fourth-order valence-corrected chi connectivity index (χ4v) is 4.71. The van der Waals surface area contributed by atoms with Gasteiger partial charge in [0.2, 0.25) is 0 Å². The van der Waals surface area contributed by atoms with Crippen molar-refractivity contribution in [2.24, 2.45) is 0 Å². The summed E-state index contributed by atoms with van der Waals surface area (Å²) in [6, 6.07) is 5.77. The second-order valence-electron chi connectivity index (χ2n) is 6.71. The van der Waals surface area contributed by atoms with Gasteiger partial charge in [-0.3, -0.25) is 9.69 Å². The molecule has 27 heavy (non-hydrogen) atoms. The third-order valence-electron chi connectivity index (χ3n) is 4.90. The number of para-hydroxylation sites is 1. The fraction of sp³-hybridized carbons (Fsp3) is 0.400. The molecule has 2 unspecified atom stereocenters. The van der Waals surface area contributed by atoms with Crippen molar-refractivity contribution >= 4 is 40.3 Å². The van der Waals surface area contributed by atoms with E-state index >= 15 is 0 Å². The summed E-state index contributed by atoms with van der Waals surface area (Å²) in [5.41, 5.74) is 1.88. The van der Waals surface area contributed by atoms with Gasteiger partial charge in [0.1, 0.15) is 10.4 Å². The van der Waals surface area contributed by atoms with Crippen LogP contribution in [0.4, 0.5) is 0 Å². The number of ether oxygens (including phenoxy) is 3. The van der Waals surface area contributed by atoms with Crippen molar-refractivity contribution in [3.63, 3.8) is 0 Å². The molecular weight excluding hydrogens is 382 g/mol. The van der Waals surface area contributed by atoms with Gasteiger partial charge in [-0.2, -0.15) is 0 Å². The summed E-state index contributed by atoms with van der Waals surface area (Å²) < 4.78 is 17.7. The summed E-state index contributed by atoms with van der Waals surface area (Å²) in [5.74, 6) is 1.39. The Bertz CT molecular complexity index is 842. The molecule has 2 atom stereocenters. The molecule has 0 aliphatic carbocycles. The van der Waals surface area contributed by atoms with E-state index in [0.29, 0.717) is 21.5 Å². The molecule has 0 spiro atoms. The van der Waals surface area contributed by atoms with Crippen LogP contribution in [0, 0.1) is 0 Å². The maximum Gasteiger partial charge on any atom is 0.266 e. The number of carbonyl (C=O) groups excluding carboxylic acids is 1. The first-order chi connectivity index (χ1) is 13.1. The summed E-state index contributed by atoms with van der Waals surface area (Å²) in [4.78, 5) is 15.1. The van der Waals surface area contributed by atoms with Crippen molar-refractivity contribution in [1.82, 2.24) is 4.90 Å². The molecule has 142 valence electrons. The van der Waals surface area contributed by atoms with E-state index in [0.717, 1.165) is 36.3 Å². The smallest absolute Gasteiger partial charge is 0.266 e. The zero-order valence-corrected chi connectivity index (χ0v) is 16.9. The maximum atomic E-state index is 12.8. The highest BCUT2D eigenvalue weighted by Crippen LogP contribution is 2.40. The lowest BCUT2D eigenvalue weighted by Crippen LogP contribution is -2.35. The lowest BCUT2D eigenvalue weighted by atomic mass is 10.0. The lowest BCUT2D eigenvalue weighted by molar-refractivity contribution is -0.123. The summed E-state index contributed by atoms with van der Waals surface area (Å²) in [7, 11) is 1.63. The van der Waals surface area contributed by atoms with Crippen LogP contribution in [0.5, 0.6) is 11.5 Å². The Labute approximate surface area is 168 Å². The Balaban J connectivity index is 1.58. The molecule has 1 aromatic carbocycles. The highest BCUT2D eigenvalue weighted by atomic mass is 32.2. The molecule has 1 aromatic rings. The highest BCUT2D eigenvalue weighted by Gasteiger charge is 2.35. The average Bonchev–Trinajstić information content (AvgIpc) is 3.26. The summed E-state index contributed by atoms with van der Waals surface area (Å²) >= 11 is 6.77. The number of hydrogen-bond donors (Lipinski definition) is 0. The van der Waals surface area contributed by atoms with Crippen LogP contribution in [0.2, 0.25) is 0 Å². The number of nitrogens with zero attached hydrogens (tertiary/aromatic N) is 1. The third-order valence-corrected chi connectivity index (χ3v) is 6.27. The number of thioether (sulfide) groups is 1. The Morgan fingerprint density at radius 3 is 3.04 bits per heavy atom. The van der Waals surface area contributed by atoms with Gasteiger partial charge in [0.15, 0.2) is 11.5 Å². The van der Waals surface area contributed by atoms with E-state index in [9.17, 15) is 4.79 Å². The monoisotopic (exact) mass is 403 g/mol. The van der Waals surface area contributed by atoms with Crippen LogP contribution < -0.4 is 9.47 Å². The highest BCUT2D eigenvalue weighted by molar-refractivity contribution is 8.26. The molecule has 0 aromatic heterocycles. The van der Waals surface area contributed by atoms with Crippen LogP contribution in [-0.4, -0.2) is 47.6 Å². The molecule has 0 radical (unpaired) electrons. The Morgan fingerprint density at radius 1 is 1.44 bits per heavy atom. The van der Waals surface area contributed by atoms with Crippen molar-refractivity contribution in [1.29, 1.82) is 0 Å². The van der Waals surface area contributed by atoms with Gasteiger partial charge in [-0.1, -0.05) is 36.1 Å². The fourth-order valence-electron chi connectivity index (χ4n) is 3.43. The minimum Gasteiger partial charge on any atom is -0.493 e. The zero-order chi connectivity index (χ0) is 19.0. The van der Waals surface area contributed by atoms with Crippen molar-refractivity contribution in [2.75, 3.05) is 20.3 Å². The largest absolute Gasteiger partial charge is 0.493 e. The molecule has 3 heterocycles. The first-order valence-corrected chi connectivity index (χ1v) is 10.2. The minimum atomic E-state index is -0.185. The van der Waals surface area contributed by atoms with Crippen molar-refractivity contribution in [3.05, 3.63) is 40.3 Å². The van der Waals surface area contributed by atoms with Crippen LogP contribution in [-0.2, 0) is 9.53 Å². The molecule has 5 nitrogen and oxygen atoms in total. The van der Waals surface area contributed by atoms with Gasteiger partial charge in [0.25, 0.3) is 5.91 Å². The van der Waals surface area contributed by atoms with E-state index in [1.54, 1.807) is 12.0 Å². The molecule has 0 N–H and O–H groups in total. The number of carbonyl (C=O) groups is 1. The summed E-state index contributed by atoms with van der Waals surface area (Å²) in [5, 5.41) is 0. The van der Waals surface area contributed by atoms with E-state index in [1.165, 1.54) is 11.8 Å². The predicted octanol–water partition coefficient (Wildman–Crippen LogP) is 3.78. The Morgan fingerprint density at radius 2 is 2.30 bits per heavy atom. The number of amides is 1. The molecular formula is C20H21NO4S2. The molecule has 1 amide bonds. The van der Waals surface area contributed by atoms with Gasteiger partial charge in [-0.05, 0) is 43.6 Å². The predicted molar refractivity (Wildman–Crippen MR) is 110 cm³/mol. The summed E-state index contributed by atoms with van der Waals surface area (Å²) in [6.07, 6.45) is 5.85. The van der Waals surface area contributed by atoms with E-state index in [1.807, 2.05) is 37.3 Å². The molecule has 7 heteroatoms. The van der Waals surface area contributed by atoms with Crippen LogP contribution in [0.1, 0.15) is 25.3 Å². The normalized spacial score (nSPS) is 26.2. The van der Waals surface area contributed by atoms with E-state index in [2.05, 4.69) is 0 Å². The SMILES string of the molecule is COc1cccc2c1OC(C)C(C=C1SC(=S)N(CC3CCCO3)C1=O)=C2. The second kappa shape index (κ2) is 7.66. The van der Waals surface area contributed by atoms with Gasteiger partial charge in [-0.25, -0.2) is 0 Å². The van der Waals surface area contributed by atoms with Crippen LogP contribution in [0.15, 0.2) is 34.8 Å².